The van der Waals surface area contributed by atoms with Gasteiger partial charge in [0.1, 0.15) is 0 Å². The summed E-state index contributed by atoms with van der Waals surface area (Å²) in [5, 5.41) is 3.18. The summed E-state index contributed by atoms with van der Waals surface area (Å²) in [5.41, 5.74) is -0.332. The minimum absolute atomic E-state index is 0.183. The van der Waals surface area contributed by atoms with Crippen molar-refractivity contribution in [1.29, 1.82) is 0 Å². The molecule has 0 aliphatic carbocycles. The maximum atomic E-state index is 11.5. The first-order chi connectivity index (χ1) is 7.02. The summed E-state index contributed by atoms with van der Waals surface area (Å²) in [7, 11) is 3.48. The zero-order valence-corrected chi connectivity index (χ0v) is 10.4. The molecule has 4 nitrogen and oxygen atoms in total. The van der Waals surface area contributed by atoms with Gasteiger partial charge in [-0.2, -0.15) is 0 Å². The molecule has 0 aromatic rings. The van der Waals surface area contributed by atoms with Gasteiger partial charge in [-0.1, -0.05) is 13.8 Å². The van der Waals surface area contributed by atoms with Gasteiger partial charge in [0.25, 0.3) is 0 Å². The third-order valence-electron chi connectivity index (χ3n) is 2.77. The van der Waals surface area contributed by atoms with Crippen molar-refractivity contribution in [1.82, 2.24) is 5.32 Å². The summed E-state index contributed by atoms with van der Waals surface area (Å²) < 4.78 is 10.1. The predicted molar refractivity (Wildman–Crippen MR) is 59.8 cm³/mol. The average Bonchev–Trinajstić information content (AvgIpc) is 2.17. The fraction of sp³-hybridized carbons (Fsp3) is 0.909. The monoisotopic (exact) mass is 217 g/mol. The van der Waals surface area contributed by atoms with E-state index in [1.807, 2.05) is 14.0 Å². The smallest absolute Gasteiger partial charge is 0.307 e. The maximum absolute atomic E-state index is 11.5. The Kier molecular flexibility index (Phi) is 6.52. The van der Waals surface area contributed by atoms with Crippen molar-refractivity contribution in [2.75, 3.05) is 27.4 Å². The van der Waals surface area contributed by atoms with Gasteiger partial charge in [0.2, 0.25) is 0 Å². The summed E-state index contributed by atoms with van der Waals surface area (Å²) in [5.74, 6) is 0.115. The number of hydrogen-bond acceptors (Lipinski definition) is 4. The van der Waals surface area contributed by atoms with Crippen LogP contribution in [0.15, 0.2) is 0 Å². The molecule has 1 N–H and O–H groups in total. The Morgan fingerprint density at radius 3 is 2.40 bits per heavy atom. The Bertz CT molecular complexity index is 194. The molecule has 0 spiro atoms. The van der Waals surface area contributed by atoms with Crippen molar-refractivity contribution in [3.63, 3.8) is 0 Å². The number of hydrogen-bond donors (Lipinski definition) is 1. The minimum atomic E-state index is -0.332. The summed E-state index contributed by atoms with van der Waals surface area (Å²) >= 11 is 0. The lowest BCUT2D eigenvalue weighted by Gasteiger charge is -2.35. The Balaban J connectivity index is 4.53. The lowest BCUT2D eigenvalue weighted by atomic mass is 9.84. The number of rotatable bonds is 7. The Morgan fingerprint density at radius 1 is 1.47 bits per heavy atom. The molecule has 0 heterocycles. The van der Waals surface area contributed by atoms with E-state index in [1.54, 1.807) is 7.11 Å². The molecule has 0 radical (unpaired) electrons. The first-order valence-corrected chi connectivity index (χ1v) is 5.35. The number of ether oxygens (including phenoxy) is 2. The first-order valence-electron chi connectivity index (χ1n) is 5.35. The largest absolute Gasteiger partial charge is 0.466 e. The molecule has 4 heteroatoms. The van der Waals surface area contributed by atoms with Crippen LogP contribution < -0.4 is 5.32 Å². The second-order valence-electron chi connectivity index (χ2n) is 3.98. The van der Waals surface area contributed by atoms with Gasteiger partial charge >= 0.3 is 5.97 Å². The molecule has 1 atom stereocenters. The summed E-state index contributed by atoms with van der Waals surface area (Å²) in [6.07, 6.45) is 0.336. The molecule has 0 amide bonds. The predicted octanol–water partition coefficient (Wildman–Crippen LogP) is 1.20. The third kappa shape index (κ3) is 4.18. The van der Waals surface area contributed by atoms with Crippen LogP contribution in [0.2, 0.25) is 0 Å². The van der Waals surface area contributed by atoms with Gasteiger partial charge in [0.15, 0.2) is 0 Å². The quantitative estimate of drug-likeness (QED) is 0.651. The average molecular weight is 217 g/mol. The van der Waals surface area contributed by atoms with Crippen molar-refractivity contribution in [3.8, 4) is 0 Å². The van der Waals surface area contributed by atoms with Gasteiger partial charge in [0.05, 0.1) is 25.2 Å². The highest BCUT2D eigenvalue weighted by Gasteiger charge is 2.35. The highest BCUT2D eigenvalue weighted by Crippen LogP contribution is 2.22. The van der Waals surface area contributed by atoms with Crippen LogP contribution >= 0.6 is 0 Å². The molecule has 1 unspecified atom stereocenters. The summed E-state index contributed by atoms with van der Waals surface area (Å²) in [6, 6.07) is 0. The molecule has 15 heavy (non-hydrogen) atoms. The molecule has 0 aromatic carbocycles. The number of carbonyl (C=O) groups is 1. The number of likely N-dealkylation sites (N-methyl/N-ethyl adjacent to an activating group) is 1. The zero-order chi connectivity index (χ0) is 11.9. The molecule has 0 aliphatic rings. The van der Waals surface area contributed by atoms with E-state index in [2.05, 4.69) is 19.2 Å². The van der Waals surface area contributed by atoms with E-state index >= 15 is 0 Å². The molecule has 0 bridgehead atoms. The molecule has 0 saturated heterocycles. The highest BCUT2D eigenvalue weighted by atomic mass is 16.5. The van der Waals surface area contributed by atoms with E-state index in [4.69, 9.17) is 9.47 Å². The van der Waals surface area contributed by atoms with Gasteiger partial charge in [-0.05, 0) is 19.9 Å². The van der Waals surface area contributed by atoms with E-state index in [-0.39, 0.29) is 11.5 Å². The Hall–Kier alpha value is -0.610. The second-order valence-corrected chi connectivity index (χ2v) is 3.98. The van der Waals surface area contributed by atoms with Gasteiger partial charge in [-0.3, -0.25) is 4.79 Å². The van der Waals surface area contributed by atoms with Crippen molar-refractivity contribution in [2.24, 2.45) is 5.92 Å². The SMILES string of the molecule is CCOC(=O)CC(COC)(NC)C(C)C. The van der Waals surface area contributed by atoms with Crippen LogP contribution in [0.4, 0.5) is 0 Å². The normalized spacial score (nSPS) is 15.1. The van der Waals surface area contributed by atoms with Crippen molar-refractivity contribution >= 4 is 5.97 Å². The molecule has 0 aliphatic heterocycles. The number of methoxy groups -OCH3 is 1. The third-order valence-corrected chi connectivity index (χ3v) is 2.77. The van der Waals surface area contributed by atoms with E-state index in [1.165, 1.54) is 0 Å². The van der Waals surface area contributed by atoms with Gasteiger partial charge in [0, 0.05) is 7.11 Å². The minimum Gasteiger partial charge on any atom is -0.466 e. The van der Waals surface area contributed by atoms with E-state index in [0.29, 0.717) is 25.6 Å². The fourth-order valence-corrected chi connectivity index (χ4v) is 1.60. The number of nitrogens with one attached hydrogen (secondary N) is 1. The molecular formula is C11H23NO3. The molecule has 90 valence electrons. The molecule has 0 fully saturated rings. The lowest BCUT2D eigenvalue weighted by Crippen LogP contribution is -2.53. The molecule has 0 aromatic heterocycles. The highest BCUT2D eigenvalue weighted by molar-refractivity contribution is 5.71. The van der Waals surface area contributed by atoms with Gasteiger partial charge in [-0.15, -0.1) is 0 Å². The first kappa shape index (κ1) is 14.4. The van der Waals surface area contributed by atoms with Crippen LogP contribution in [-0.2, 0) is 14.3 Å². The molecular weight excluding hydrogens is 194 g/mol. The van der Waals surface area contributed by atoms with Crippen LogP contribution in [0.5, 0.6) is 0 Å². The van der Waals surface area contributed by atoms with Crippen LogP contribution in [-0.4, -0.2) is 38.9 Å². The van der Waals surface area contributed by atoms with Gasteiger partial charge < -0.3 is 14.8 Å². The van der Waals surface area contributed by atoms with E-state index < -0.39 is 0 Å². The van der Waals surface area contributed by atoms with E-state index in [9.17, 15) is 4.79 Å². The Morgan fingerprint density at radius 2 is 2.07 bits per heavy atom. The van der Waals surface area contributed by atoms with Crippen LogP contribution in [0, 0.1) is 5.92 Å². The topological polar surface area (TPSA) is 47.6 Å². The van der Waals surface area contributed by atoms with Crippen LogP contribution in [0.1, 0.15) is 27.2 Å². The van der Waals surface area contributed by atoms with Crippen molar-refractivity contribution < 1.29 is 14.3 Å². The molecule has 0 saturated carbocycles. The molecule has 0 rings (SSSR count). The van der Waals surface area contributed by atoms with Crippen molar-refractivity contribution in [2.45, 2.75) is 32.7 Å². The number of carbonyl (C=O) groups excluding carboxylic acids is 1. The zero-order valence-electron chi connectivity index (χ0n) is 10.4. The lowest BCUT2D eigenvalue weighted by molar-refractivity contribution is -0.146. The van der Waals surface area contributed by atoms with Crippen LogP contribution in [0.25, 0.3) is 0 Å². The number of esters is 1. The van der Waals surface area contributed by atoms with E-state index in [0.717, 1.165) is 0 Å². The van der Waals surface area contributed by atoms with Gasteiger partial charge in [-0.25, -0.2) is 0 Å². The second kappa shape index (κ2) is 6.80. The maximum Gasteiger partial charge on any atom is 0.307 e. The summed E-state index contributed by atoms with van der Waals surface area (Å²) in [6.45, 7) is 6.86. The van der Waals surface area contributed by atoms with Crippen molar-refractivity contribution in [3.05, 3.63) is 0 Å². The fourth-order valence-electron chi connectivity index (χ4n) is 1.60. The Labute approximate surface area is 92.3 Å². The van der Waals surface area contributed by atoms with Crippen LogP contribution in [0.3, 0.4) is 0 Å². The summed E-state index contributed by atoms with van der Waals surface area (Å²) in [4.78, 5) is 11.5. The standard InChI is InChI=1S/C11H23NO3/c1-6-15-10(13)7-11(12-4,8-14-5)9(2)3/h9,12H,6-8H2,1-5H3.